The van der Waals surface area contributed by atoms with Gasteiger partial charge in [-0.2, -0.15) is 0 Å². The molecule has 1 fully saturated rings. The zero-order valence-electron chi connectivity index (χ0n) is 19.2. The van der Waals surface area contributed by atoms with Crippen molar-refractivity contribution in [3.8, 4) is 23.0 Å². The number of nitrogens with zero attached hydrogens (tertiary/aromatic N) is 1. The summed E-state index contributed by atoms with van der Waals surface area (Å²) < 4.78 is 22.6. The molecule has 2 aliphatic heterocycles. The van der Waals surface area contributed by atoms with E-state index in [-0.39, 0.29) is 24.7 Å². The standard InChI is InChI=1S/C26H18BrClN2O7/c1-34-22-10-14(9-18(27)23(22)35-12-15-4-2-3-5-19(15)28)8-17-24(31)29-26(33)30(25(17)32)16-6-7-20-21(11-16)37-13-36-20/h2-11H,12-13H2,1H3,(H,29,31,33)/b17-8-. The lowest BCUT2D eigenvalue weighted by Gasteiger charge is -2.26. The summed E-state index contributed by atoms with van der Waals surface area (Å²) in [5.74, 6) is 0.0560. The predicted octanol–water partition coefficient (Wildman–Crippen LogP) is 5.09. The number of fused-ring (bicyclic) bond motifs is 1. The summed E-state index contributed by atoms with van der Waals surface area (Å²) in [7, 11) is 1.47. The summed E-state index contributed by atoms with van der Waals surface area (Å²) in [6.07, 6.45) is 1.37. The smallest absolute Gasteiger partial charge is 0.335 e. The number of halogens is 2. The van der Waals surface area contributed by atoms with Crippen LogP contribution in [-0.2, 0) is 16.2 Å². The highest BCUT2D eigenvalue weighted by molar-refractivity contribution is 9.10. The van der Waals surface area contributed by atoms with Gasteiger partial charge in [0.25, 0.3) is 11.8 Å². The van der Waals surface area contributed by atoms with Gasteiger partial charge in [-0.1, -0.05) is 29.8 Å². The number of imide groups is 2. The van der Waals surface area contributed by atoms with Crippen LogP contribution in [0.3, 0.4) is 0 Å². The zero-order chi connectivity index (χ0) is 26.1. The van der Waals surface area contributed by atoms with E-state index in [4.69, 9.17) is 30.5 Å². The summed E-state index contributed by atoms with van der Waals surface area (Å²) >= 11 is 9.69. The maximum Gasteiger partial charge on any atom is 0.335 e. The van der Waals surface area contributed by atoms with Crippen LogP contribution >= 0.6 is 27.5 Å². The second kappa shape index (κ2) is 10.2. The summed E-state index contributed by atoms with van der Waals surface area (Å²) in [5.41, 5.74) is 1.25. The second-order valence-electron chi connectivity index (χ2n) is 7.91. The van der Waals surface area contributed by atoms with Gasteiger partial charge in [0.05, 0.1) is 17.3 Å². The fourth-order valence-electron chi connectivity index (χ4n) is 3.81. The fourth-order valence-corrected chi connectivity index (χ4v) is 4.58. The molecule has 2 heterocycles. The average Bonchev–Trinajstić information content (AvgIpc) is 3.34. The van der Waals surface area contributed by atoms with Crippen molar-refractivity contribution in [2.24, 2.45) is 0 Å². The average molecular weight is 586 g/mol. The number of benzene rings is 3. The number of barbiturate groups is 1. The molecule has 1 saturated heterocycles. The van der Waals surface area contributed by atoms with Crippen molar-refractivity contribution in [2.75, 3.05) is 18.8 Å². The first-order valence-electron chi connectivity index (χ1n) is 10.9. The molecule has 0 atom stereocenters. The molecule has 0 radical (unpaired) electrons. The second-order valence-corrected chi connectivity index (χ2v) is 9.17. The van der Waals surface area contributed by atoms with Crippen LogP contribution in [-0.4, -0.2) is 31.7 Å². The minimum atomic E-state index is -0.868. The van der Waals surface area contributed by atoms with Crippen LogP contribution < -0.4 is 29.2 Å². The number of methoxy groups -OCH3 is 1. The quantitative estimate of drug-likeness (QED) is 0.318. The maximum atomic E-state index is 13.3. The lowest BCUT2D eigenvalue weighted by molar-refractivity contribution is -0.122. The number of carbonyl (C=O) groups excluding carboxylic acids is 3. The monoisotopic (exact) mass is 584 g/mol. The van der Waals surface area contributed by atoms with Gasteiger partial charge < -0.3 is 18.9 Å². The third-order valence-corrected chi connectivity index (χ3v) is 6.57. The molecule has 0 bridgehead atoms. The topological polar surface area (TPSA) is 103 Å². The van der Waals surface area contributed by atoms with E-state index in [2.05, 4.69) is 21.2 Å². The van der Waals surface area contributed by atoms with Gasteiger partial charge in [-0.05, 0) is 57.9 Å². The Morgan fingerprint density at radius 2 is 1.86 bits per heavy atom. The van der Waals surface area contributed by atoms with Crippen molar-refractivity contribution >= 4 is 57.1 Å². The molecule has 3 aromatic carbocycles. The highest BCUT2D eigenvalue weighted by Gasteiger charge is 2.37. The number of nitrogens with one attached hydrogen (secondary N) is 1. The zero-order valence-corrected chi connectivity index (χ0v) is 21.6. The summed E-state index contributed by atoms with van der Waals surface area (Å²) in [5, 5.41) is 2.77. The largest absolute Gasteiger partial charge is 0.493 e. The van der Waals surface area contributed by atoms with Crippen LogP contribution in [0.1, 0.15) is 11.1 Å². The Labute approximate surface area is 224 Å². The normalized spacial score (nSPS) is 15.7. The van der Waals surface area contributed by atoms with Crippen LogP contribution in [0, 0.1) is 0 Å². The number of rotatable bonds is 6. The predicted molar refractivity (Wildman–Crippen MR) is 138 cm³/mol. The number of anilines is 1. The van der Waals surface area contributed by atoms with Gasteiger partial charge in [0.2, 0.25) is 6.79 Å². The minimum absolute atomic E-state index is 0.0391. The Hall–Kier alpha value is -4.02. The number of carbonyl (C=O) groups is 3. The van der Waals surface area contributed by atoms with Crippen molar-refractivity contribution in [2.45, 2.75) is 6.61 Å². The molecule has 1 N–H and O–H groups in total. The number of hydrogen-bond acceptors (Lipinski definition) is 7. The molecular weight excluding hydrogens is 568 g/mol. The van der Waals surface area contributed by atoms with Gasteiger partial charge >= 0.3 is 6.03 Å². The molecule has 5 rings (SSSR count). The minimum Gasteiger partial charge on any atom is -0.493 e. The molecule has 0 spiro atoms. The van der Waals surface area contributed by atoms with Gasteiger partial charge in [-0.3, -0.25) is 14.9 Å². The van der Waals surface area contributed by atoms with E-state index in [0.717, 1.165) is 10.5 Å². The molecule has 0 aromatic heterocycles. The molecule has 2 aliphatic rings. The summed E-state index contributed by atoms with van der Waals surface area (Å²) in [6, 6.07) is 14.3. The van der Waals surface area contributed by atoms with Crippen LogP contribution in [0.4, 0.5) is 10.5 Å². The van der Waals surface area contributed by atoms with Gasteiger partial charge in [-0.15, -0.1) is 0 Å². The Morgan fingerprint density at radius 3 is 2.65 bits per heavy atom. The molecule has 0 aliphatic carbocycles. The van der Waals surface area contributed by atoms with E-state index in [1.165, 1.54) is 25.3 Å². The maximum absolute atomic E-state index is 13.3. The first kappa shape index (κ1) is 24.7. The van der Waals surface area contributed by atoms with E-state index in [0.29, 0.717) is 38.1 Å². The highest BCUT2D eigenvalue weighted by atomic mass is 79.9. The number of ether oxygens (including phenoxy) is 4. The fraction of sp³-hybridized carbons (Fsp3) is 0.115. The van der Waals surface area contributed by atoms with E-state index < -0.39 is 17.8 Å². The lowest BCUT2D eigenvalue weighted by Crippen LogP contribution is -2.54. The van der Waals surface area contributed by atoms with Crippen molar-refractivity contribution in [3.63, 3.8) is 0 Å². The van der Waals surface area contributed by atoms with Crippen molar-refractivity contribution in [1.29, 1.82) is 0 Å². The van der Waals surface area contributed by atoms with E-state index >= 15 is 0 Å². The van der Waals surface area contributed by atoms with Gasteiger partial charge in [0.1, 0.15) is 12.2 Å². The Balaban J connectivity index is 1.44. The Kier molecular flexibility index (Phi) is 6.77. The molecule has 0 saturated carbocycles. The Morgan fingerprint density at radius 1 is 1.08 bits per heavy atom. The third kappa shape index (κ3) is 4.85. The molecule has 3 aromatic rings. The first-order valence-corrected chi connectivity index (χ1v) is 12.1. The number of hydrogen-bond donors (Lipinski definition) is 1. The van der Waals surface area contributed by atoms with Gasteiger partial charge in [-0.25, -0.2) is 9.69 Å². The van der Waals surface area contributed by atoms with Crippen LogP contribution in [0.2, 0.25) is 5.02 Å². The third-order valence-electron chi connectivity index (χ3n) is 5.61. The van der Waals surface area contributed by atoms with Gasteiger partial charge in [0.15, 0.2) is 23.0 Å². The lowest BCUT2D eigenvalue weighted by atomic mass is 10.1. The number of urea groups is 1. The molecule has 11 heteroatoms. The first-order chi connectivity index (χ1) is 17.9. The van der Waals surface area contributed by atoms with E-state index in [9.17, 15) is 14.4 Å². The van der Waals surface area contributed by atoms with Crippen LogP contribution in [0.5, 0.6) is 23.0 Å². The molecule has 0 unspecified atom stereocenters. The molecule has 9 nitrogen and oxygen atoms in total. The van der Waals surface area contributed by atoms with Crippen molar-refractivity contribution in [3.05, 3.63) is 80.8 Å². The van der Waals surface area contributed by atoms with Crippen molar-refractivity contribution in [1.82, 2.24) is 5.32 Å². The van der Waals surface area contributed by atoms with E-state index in [1.807, 2.05) is 18.2 Å². The SMILES string of the molecule is COc1cc(/C=C2/C(=O)NC(=O)N(c3ccc4c(c3)OCO4)C2=O)cc(Br)c1OCc1ccccc1Cl. The molecule has 188 valence electrons. The number of amides is 4. The van der Waals surface area contributed by atoms with E-state index in [1.54, 1.807) is 24.3 Å². The Bertz CT molecular complexity index is 1470. The van der Waals surface area contributed by atoms with Gasteiger partial charge in [0, 0.05) is 16.7 Å². The van der Waals surface area contributed by atoms with Crippen molar-refractivity contribution < 1.29 is 33.3 Å². The highest BCUT2D eigenvalue weighted by Crippen LogP contribution is 2.39. The van der Waals surface area contributed by atoms with Crippen LogP contribution in [0.25, 0.3) is 6.08 Å². The molecular formula is C26H18BrClN2O7. The molecule has 4 amide bonds. The summed E-state index contributed by atoms with van der Waals surface area (Å²) in [6.45, 7) is 0.236. The summed E-state index contributed by atoms with van der Waals surface area (Å²) in [4.78, 5) is 39.3. The van der Waals surface area contributed by atoms with Crippen LogP contribution in [0.15, 0.2) is 64.6 Å². The molecule has 37 heavy (non-hydrogen) atoms.